The first-order valence-corrected chi connectivity index (χ1v) is 10.4. The minimum Gasteiger partial charge on any atom is -0.491 e. The van der Waals surface area contributed by atoms with Crippen molar-refractivity contribution in [3.8, 4) is 5.75 Å². The van der Waals surface area contributed by atoms with Crippen LogP contribution < -0.4 is 9.75 Å². The molecule has 1 heterocycles. The molecule has 2 aliphatic rings. The summed E-state index contributed by atoms with van der Waals surface area (Å²) in [5.41, 5.74) is 5.92. The van der Waals surface area contributed by atoms with Gasteiger partial charge in [0.05, 0.1) is 18.2 Å². The fourth-order valence-electron chi connectivity index (χ4n) is 4.40. The maximum absolute atomic E-state index is 11.1. The molecule has 1 N–H and O–H groups in total. The van der Waals surface area contributed by atoms with Crippen molar-refractivity contribution in [3.05, 3.63) is 59.2 Å². The van der Waals surface area contributed by atoms with Crippen molar-refractivity contribution in [2.75, 3.05) is 11.6 Å². The lowest BCUT2D eigenvalue weighted by molar-refractivity contribution is -0.137. The number of benzene rings is 2. The van der Waals surface area contributed by atoms with Gasteiger partial charge in [-0.2, -0.15) is 5.10 Å². The number of hydrazone groups is 1. The normalized spacial score (nSPS) is 20.5. The summed E-state index contributed by atoms with van der Waals surface area (Å²) in [6, 6.07) is 14.9. The standard InChI is InChI=1S/C24H28N2O3/c1-3-17-4-8-20(9-5-17)26-21(12-16(2)25-26)15-29-22-10-11-23-18(13-22)6-7-19(23)14-24(27)28/h4-5,8-11,13,19,21H,3,6-7,12,14-15H2,1-2H3,(H,27,28). The highest BCUT2D eigenvalue weighted by atomic mass is 16.5. The SMILES string of the molecule is CCc1ccc(N2N=C(C)CC2COc2ccc3c(c2)CCC3CC(=O)O)cc1. The highest BCUT2D eigenvalue weighted by Crippen LogP contribution is 2.37. The summed E-state index contributed by atoms with van der Waals surface area (Å²) in [5, 5.41) is 15.9. The number of nitrogens with zero attached hydrogens (tertiary/aromatic N) is 2. The number of carboxylic acid groups (broad SMARTS) is 1. The fourth-order valence-corrected chi connectivity index (χ4v) is 4.40. The van der Waals surface area contributed by atoms with E-state index in [0.29, 0.717) is 6.61 Å². The predicted octanol–water partition coefficient (Wildman–Crippen LogP) is 4.79. The van der Waals surface area contributed by atoms with Gasteiger partial charge >= 0.3 is 5.97 Å². The molecule has 5 nitrogen and oxygen atoms in total. The van der Waals surface area contributed by atoms with Crippen molar-refractivity contribution in [2.24, 2.45) is 5.10 Å². The smallest absolute Gasteiger partial charge is 0.303 e. The van der Waals surface area contributed by atoms with Crippen LogP contribution in [-0.2, 0) is 17.6 Å². The Balaban J connectivity index is 1.42. The highest BCUT2D eigenvalue weighted by molar-refractivity contribution is 5.86. The number of rotatable bonds is 7. The molecule has 2 aromatic rings. The zero-order valence-electron chi connectivity index (χ0n) is 17.1. The van der Waals surface area contributed by atoms with Gasteiger partial charge in [0.2, 0.25) is 0 Å². The van der Waals surface area contributed by atoms with Gasteiger partial charge in [0, 0.05) is 12.1 Å². The number of fused-ring (bicyclic) bond motifs is 1. The molecule has 0 bridgehead atoms. The van der Waals surface area contributed by atoms with Crippen molar-refractivity contribution < 1.29 is 14.6 Å². The lowest BCUT2D eigenvalue weighted by atomic mass is 9.98. The Kier molecular flexibility index (Phi) is 5.56. The summed E-state index contributed by atoms with van der Waals surface area (Å²) in [6.07, 6.45) is 3.95. The third kappa shape index (κ3) is 4.29. The molecule has 1 aliphatic heterocycles. The second kappa shape index (κ2) is 8.27. The number of hydrogen-bond donors (Lipinski definition) is 1. The molecule has 29 heavy (non-hydrogen) atoms. The maximum Gasteiger partial charge on any atom is 0.303 e. The minimum absolute atomic E-state index is 0.129. The molecule has 2 unspecified atom stereocenters. The largest absolute Gasteiger partial charge is 0.491 e. The molecular weight excluding hydrogens is 364 g/mol. The Labute approximate surface area is 172 Å². The van der Waals surface area contributed by atoms with Crippen molar-refractivity contribution in [1.82, 2.24) is 0 Å². The average Bonchev–Trinajstić information content (AvgIpc) is 3.29. The number of anilines is 1. The molecule has 0 radical (unpaired) electrons. The molecule has 0 saturated carbocycles. The third-order valence-electron chi connectivity index (χ3n) is 5.94. The van der Waals surface area contributed by atoms with Gasteiger partial charge < -0.3 is 9.84 Å². The zero-order valence-corrected chi connectivity index (χ0v) is 17.1. The molecule has 4 rings (SSSR count). The molecule has 0 fully saturated rings. The topological polar surface area (TPSA) is 62.1 Å². The summed E-state index contributed by atoms with van der Waals surface area (Å²) in [5.74, 6) is 0.251. The lowest BCUT2D eigenvalue weighted by Gasteiger charge is -2.24. The van der Waals surface area contributed by atoms with Gasteiger partial charge in [-0.15, -0.1) is 0 Å². The maximum atomic E-state index is 11.1. The lowest BCUT2D eigenvalue weighted by Crippen LogP contribution is -2.32. The number of carboxylic acids is 1. The van der Waals surface area contributed by atoms with Gasteiger partial charge in [0.15, 0.2) is 0 Å². The Morgan fingerprint density at radius 1 is 1.24 bits per heavy atom. The molecule has 152 valence electrons. The minimum atomic E-state index is -0.730. The molecule has 0 amide bonds. The van der Waals surface area contributed by atoms with Crippen LogP contribution in [-0.4, -0.2) is 29.4 Å². The number of aliphatic carboxylic acids is 1. The summed E-state index contributed by atoms with van der Waals surface area (Å²) >= 11 is 0. The molecule has 1 aliphatic carbocycles. The van der Waals surface area contributed by atoms with E-state index >= 15 is 0 Å². The van der Waals surface area contributed by atoms with Crippen LogP contribution >= 0.6 is 0 Å². The first kappa shape index (κ1) is 19.5. The van der Waals surface area contributed by atoms with Gasteiger partial charge in [-0.1, -0.05) is 25.1 Å². The van der Waals surface area contributed by atoms with Crippen LogP contribution in [0.2, 0.25) is 0 Å². The van der Waals surface area contributed by atoms with Crippen LogP contribution in [0.5, 0.6) is 5.75 Å². The van der Waals surface area contributed by atoms with E-state index in [0.717, 1.165) is 48.4 Å². The number of carbonyl (C=O) groups is 1. The van der Waals surface area contributed by atoms with Gasteiger partial charge in [0.25, 0.3) is 0 Å². The molecule has 0 saturated heterocycles. The van der Waals surface area contributed by atoms with E-state index in [1.807, 2.05) is 12.1 Å². The predicted molar refractivity (Wildman–Crippen MR) is 115 cm³/mol. The van der Waals surface area contributed by atoms with Crippen molar-refractivity contribution in [2.45, 2.75) is 57.9 Å². The number of aryl methyl sites for hydroxylation is 2. The van der Waals surface area contributed by atoms with Crippen molar-refractivity contribution in [1.29, 1.82) is 0 Å². The van der Waals surface area contributed by atoms with Crippen LogP contribution in [0.3, 0.4) is 0 Å². The number of ether oxygens (including phenoxy) is 1. The first-order chi connectivity index (χ1) is 14.0. The van der Waals surface area contributed by atoms with E-state index in [1.54, 1.807) is 0 Å². The van der Waals surface area contributed by atoms with Crippen LogP contribution in [0, 0.1) is 0 Å². The van der Waals surface area contributed by atoms with Crippen molar-refractivity contribution >= 4 is 17.4 Å². The Bertz CT molecular complexity index is 920. The van der Waals surface area contributed by atoms with E-state index in [2.05, 4.69) is 49.2 Å². The fraction of sp³-hybridized carbons (Fsp3) is 0.417. The Morgan fingerprint density at radius 2 is 2.03 bits per heavy atom. The monoisotopic (exact) mass is 392 g/mol. The molecule has 5 heteroatoms. The van der Waals surface area contributed by atoms with Crippen LogP contribution in [0.15, 0.2) is 47.6 Å². The van der Waals surface area contributed by atoms with Crippen LogP contribution in [0.1, 0.15) is 55.7 Å². The van der Waals surface area contributed by atoms with Gasteiger partial charge in [0.1, 0.15) is 12.4 Å². The van der Waals surface area contributed by atoms with Gasteiger partial charge in [-0.05, 0) is 73.1 Å². The zero-order chi connectivity index (χ0) is 20.4. The summed E-state index contributed by atoms with van der Waals surface area (Å²) < 4.78 is 6.15. The van der Waals surface area contributed by atoms with E-state index in [-0.39, 0.29) is 18.4 Å². The van der Waals surface area contributed by atoms with Gasteiger partial charge in [-0.25, -0.2) is 0 Å². The Morgan fingerprint density at radius 3 is 2.76 bits per heavy atom. The first-order valence-electron chi connectivity index (χ1n) is 10.4. The Hall–Kier alpha value is -2.82. The average molecular weight is 392 g/mol. The van der Waals surface area contributed by atoms with Crippen LogP contribution in [0.25, 0.3) is 0 Å². The van der Waals surface area contributed by atoms with Gasteiger partial charge in [-0.3, -0.25) is 9.80 Å². The molecular formula is C24H28N2O3. The quantitative estimate of drug-likeness (QED) is 0.736. The molecule has 2 atom stereocenters. The van der Waals surface area contributed by atoms with E-state index in [9.17, 15) is 4.79 Å². The molecule has 0 aromatic heterocycles. The summed E-state index contributed by atoms with van der Waals surface area (Å²) in [4.78, 5) is 11.1. The second-order valence-electron chi connectivity index (χ2n) is 8.06. The van der Waals surface area contributed by atoms with E-state index < -0.39 is 5.97 Å². The highest BCUT2D eigenvalue weighted by Gasteiger charge is 2.28. The third-order valence-corrected chi connectivity index (χ3v) is 5.94. The van der Waals surface area contributed by atoms with Crippen molar-refractivity contribution in [3.63, 3.8) is 0 Å². The molecule has 0 spiro atoms. The summed E-state index contributed by atoms with van der Waals surface area (Å²) in [6.45, 7) is 4.78. The van der Waals surface area contributed by atoms with E-state index in [1.165, 1.54) is 11.1 Å². The second-order valence-corrected chi connectivity index (χ2v) is 8.06. The van der Waals surface area contributed by atoms with Crippen LogP contribution in [0.4, 0.5) is 5.69 Å². The molecule has 2 aromatic carbocycles. The number of hydrogen-bond acceptors (Lipinski definition) is 4. The van der Waals surface area contributed by atoms with E-state index in [4.69, 9.17) is 14.9 Å². The summed E-state index contributed by atoms with van der Waals surface area (Å²) in [7, 11) is 0.